The highest BCUT2D eigenvalue weighted by atomic mass is 16.7. The Hall–Kier alpha value is -1.30. The first kappa shape index (κ1) is 33.7. The largest absolute Gasteiger partial charge is 0.479 e. The summed E-state index contributed by atoms with van der Waals surface area (Å²) in [5, 5.41) is 51.9. The Morgan fingerprint density at radius 2 is 1.38 bits per heavy atom. The van der Waals surface area contributed by atoms with Crippen LogP contribution >= 0.6 is 0 Å². The van der Waals surface area contributed by atoms with Crippen molar-refractivity contribution in [1.82, 2.24) is 5.32 Å². The van der Waals surface area contributed by atoms with Crippen LogP contribution < -0.4 is 5.32 Å². The zero-order valence-corrected chi connectivity index (χ0v) is 22.7. The summed E-state index contributed by atoms with van der Waals surface area (Å²) in [5.74, 6) is -2.48. The van der Waals surface area contributed by atoms with Crippen LogP contribution in [0.1, 0.15) is 110 Å². The molecule has 0 aromatic carbocycles. The molecule has 1 aliphatic heterocycles. The lowest BCUT2D eigenvalue weighted by molar-refractivity contribution is -0.271. The van der Waals surface area contributed by atoms with E-state index in [-0.39, 0.29) is 6.42 Å². The number of nitrogens with one attached hydrogen (secondary N) is 1. The van der Waals surface area contributed by atoms with Crippen LogP contribution in [0, 0.1) is 0 Å². The third-order valence-electron chi connectivity index (χ3n) is 6.95. The van der Waals surface area contributed by atoms with Gasteiger partial charge in [0.2, 0.25) is 0 Å². The van der Waals surface area contributed by atoms with Crippen LogP contribution in [0.5, 0.6) is 0 Å². The van der Waals surface area contributed by atoms with Crippen LogP contribution in [-0.2, 0) is 19.1 Å². The Kier molecular flexibility index (Phi) is 18.0. The Balaban J connectivity index is 2.17. The molecule has 1 fully saturated rings. The number of ether oxygens (including phenoxy) is 2. The zero-order valence-electron chi connectivity index (χ0n) is 22.7. The average Bonchev–Trinajstić information content (AvgIpc) is 2.86. The van der Waals surface area contributed by atoms with E-state index in [1.165, 1.54) is 71.1 Å². The fourth-order valence-electron chi connectivity index (χ4n) is 4.52. The SMILES string of the molecule is CCCCCCCCCCCCCCCCNC(=O)C(O)C(O)C(OC1C[C@@H](O)C(O)C(C)O1)C(=O)O. The Labute approximate surface area is 221 Å². The summed E-state index contributed by atoms with van der Waals surface area (Å²) in [6.07, 6.45) is 6.37. The first-order valence-corrected chi connectivity index (χ1v) is 14.2. The van der Waals surface area contributed by atoms with Crippen LogP contribution in [-0.4, -0.2) is 86.9 Å². The fraction of sp³-hybridized carbons (Fsp3) is 0.926. The summed E-state index contributed by atoms with van der Waals surface area (Å²) in [6.45, 7) is 4.03. The van der Waals surface area contributed by atoms with Crippen LogP contribution in [0.4, 0.5) is 0 Å². The van der Waals surface area contributed by atoms with Gasteiger partial charge in [-0.2, -0.15) is 0 Å². The van der Waals surface area contributed by atoms with Crippen molar-refractivity contribution < 1.29 is 44.6 Å². The van der Waals surface area contributed by atoms with Crippen LogP contribution in [0.3, 0.4) is 0 Å². The van der Waals surface area contributed by atoms with Gasteiger partial charge < -0.3 is 40.3 Å². The van der Waals surface area contributed by atoms with Crippen LogP contribution in [0.15, 0.2) is 0 Å². The minimum absolute atomic E-state index is 0.219. The Bertz CT molecular complexity index is 609. The molecule has 0 aromatic heterocycles. The predicted octanol–water partition coefficient (Wildman–Crippen LogP) is 2.63. The van der Waals surface area contributed by atoms with E-state index >= 15 is 0 Å². The van der Waals surface area contributed by atoms with E-state index in [9.17, 15) is 35.1 Å². The molecule has 0 aromatic rings. The number of carbonyl (C=O) groups is 2. The number of aliphatic hydroxyl groups is 4. The monoisotopic (exact) mass is 533 g/mol. The second-order valence-electron chi connectivity index (χ2n) is 10.3. The second-order valence-corrected chi connectivity index (χ2v) is 10.3. The molecule has 7 atom stereocenters. The molecule has 0 aliphatic carbocycles. The van der Waals surface area contributed by atoms with Gasteiger partial charge in [-0.05, 0) is 13.3 Å². The predicted molar refractivity (Wildman–Crippen MR) is 139 cm³/mol. The van der Waals surface area contributed by atoms with Gasteiger partial charge in [-0.3, -0.25) is 4.79 Å². The van der Waals surface area contributed by atoms with Crippen molar-refractivity contribution in [1.29, 1.82) is 0 Å². The maximum absolute atomic E-state index is 12.2. The van der Waals surface area contributed by atoms with E-state index < -0.39 is 54.8 Å². The highest BCUT2D eigenvalue weighted by Gasteiger charge is 2.42. The number of aliphatic hydroxyl groups excluding tert-OH is 4. The first-order chi connectivity index (χ1) is 17.7. The minimum Gasteiger partial charge on any atom is -0.479 e. The van der Waals surface area contributed by atoms with Crippen LogP contribution in [0.25, 0.3) is 0 Å². The van der Waals surface area contributed by atoms with Gasteiger partial charge in [-0.1, -0.05) is 90.4 Å². The fourth-order valence-corrected chi connectivity index (χ4v) is 4.52. The lowest BCUT2D eigenvalue weighted by Crippen LogP contribution is -2.54. The number of carbonyl (C=O) groups excluding carboxylic acids is 1. The van der Waals surface area contributed by atoms with E-state index in [4.69, 9.17) is 9.47 Å². The van der Waals surface area contributed by atoms with Crippen molar-refractivity contribution in [2.24, 2.45) is 0 Å². The minimum atomic E-state index is -2.04. The summed E-state index contributed by atoms with van der Waals surface area (Å²) in [4.78, 5) is 23.8. The topological polar surface area (TPSA) is 166 Å². The number of carboxylic acids is 1. The van der Waals surface area contributed by atoms with Gasteiger partial charge in [0.25, 0.3) is 5.91 Å². The molecule has 10 heteroatoms. The maximum Gasteiger partial charge on any atom is 0.335 e. The van der Waals surface area contributed by atoms with Gasteiger partial charge >= 0.3 is 5.97 Å². The third-order valence-corrected chi connectivity index (χ3v) is 6.95. The van der Waals surface area contributed by atoms with Crippen molar-refractivity contribution in [3.63, 3.8) is 0 Å². The number of hydrogen-bond acceptors (Lipinski definition) is 8. The summed E-state index contributed by atoms with van der Waals surface area (Å²) in [7, 11) is 0. The highest BCUT2D eigenvalue weighted by Crippen LogP contribution is 2.23. The lowest BCUT2D eigenvalue weighted by Gasteiger charge is -2.37. The summed E-state index contributed by atoms with van der Waals surface area (Å²) in [5.41, 5.74) is 0. The summed E-state index contributed by atoms with van der Waals surface area (Å²) >= 11 is 0. The molecule has 1 heterocycles. The molecule has 10 nitrogen and oxygen atoms in total. The second kappa shape index (κ2) is 19.7. The molecular formula is C27H51NO9. The number of hydrogen-bond donors (Lipinski definition) is 6. The molecule has 1 saturated heterocycles. The molecular weight excluding hydrogens is 482 g/mol. The molecule has 6 unspecified atom stereocenters. The normalized spacial score (nSPS) is 24.4. The molecule has 0 spiro atoms. The summed E-state index contributed by atoms with van der Waals surface area (Å²) in [6, 6.07) is 0. The number of rotatable bonds is 21. The standard InChI is InChI=1S/C27H51NO9/c1-3-4-5-6-7-8-9-10-11-12-13-14-15-16-17-28-26(33)24(32)23(31)25(27(34)35)37-21-18-20(29)22(30)19(2)36-21/h19-25,29-32H,3-18H2,1-2H3,(H,28,33)(H,34,35)/t19?,20-,21?,22?,23?,24?,25?/m1/s1. The first-order valence-electron chi connectivity index (χ1n) is 14.2. The van der Waals surface area contributed by atoms with Gasteiger partial charge in [0.1, 0.15) is 12.2 Å². The van der Waals surface area contributed by atoms with E-state index in [0.717, 1.165) is 25.7 Å². The maximum atomic E-state index is 12.2. The van der Waals surface area contributed by atoms with Crippen molar-refractivity contribution in [3.8, 4) is 0 Å². The molecule has 218 valence electrons. The smallest absolute Gasteiger partial charge is 0.335 e. The Morgan fingerprint density at radius 3 is 1.84 bits per heavy atom. The van der Waals surface area contributed by atoms with E-state index in [1.54, 1.807) is 0 Å². The molecule has 1 aliphatic rings. The highest BCUT2D eigenvalue weighted by molar-refractivity contribution is 5.83. The van der Waals surface area contributed by atoms with E-state index in [1.807, 2.05) is 0 Å². The summed E-state index contributed by atoms with van der Waals surface area (Å²) < 4.78 is 10.5. The number of carboxylic acid groups (broad SMARTS) is 1. The quantitative estimate of drug-likeness (QED) is 0.122. The molecule has 1 rings (SSSR count). The van der Waals surface area contributed by atoms with Gasteiger partial charge in [0, 0.05) is 13.0 Å². The van der Waals surface area contributed by atoms with Crippen molar-refractivity contribution in [2.75, 3.05) is 6.54 Å². The third kappa shape index (κ3) is 13.9. The molecule has 0 bridgehead atoms. The molecule has 1 amide bonds. The van der Waals surface area contributed by atoms with Gasteiger partial charge in [-0.25, -0.2) is 4.79 Å². The molecule has 6 N–H and O–H groups in total. The van der Waals surface area contributed by atoms with E-state index in [0.29, 0.717) is 6.54 Å². The van der Waals surface area contributed by atoms with E-state index in [2.05, 4.69) is 12.2 Å². The molecule has 37 heavy (non-hydrogen) atoms. The van der Waals surface area contributed by atoms with Crippen molar-refractivity contribution in [3.05, 3.63) is 0 Å². The van der Waals surface area contributed by atoms with Crippen LogP contribution in [0.2, 0.25) is 0 Å². The molecule has 0 radical (unpaired) electrons. The Morgan fingerprint density at radius 1 is 0.892 bits per heavy atom. The zero-order chi connectivity index (χ0) is 27.6. The van der Waals surface area contributed by atoms with Gasteiger partial charge in [0.05, 0.1) is 12.2 Å². The molecule has 0 saturated carbocycles. The van der Waals surface area contributed by atoms with Crippen molar-refractivity contribution >= 4 is 11.9 Å². The van der Waals surface area contributed by atoms with Gasteiger partial charge in [0.15, 0.2) is 18.5 Å². The number of unbranched alkanes of at least 4 members (excludes halogenated alkanes) is 13. The average molecular weight is 534 g/mol. The number of aliphatic carboxylic acids is 1. The lowest BCUT2D eigenvalue weighted by atomic mass is 10.0. The number of amides is 1. The van der Waals surface area contributed by atoms with Gasteiger partial charge in [-0.15, -0.1) is 0 Å². The van der Waals surface area contributed by atoms with Crippen molar-refractivity contribution in [2.45, 2.75) is 153 Å².